The topological polar surface area (TPSA) is 64.0 Å². The molecule has 0 bridgehead atoms. The summed E-state index contributed by atoms with van der Waals surface area (Å²) in [4.78, 5) is 26.6. The molecule has 0 unspecified atom stereocenters. The van der Waals surface area contributed by atoms with Crippen molar-refractivity contribution in [3.05, 3.63) is 64.6 Å². The first-order valence-electron chi connectivity index (χ1n) is 8.45. The van der Waals surface area contributed by atoms with E-state index in [4.69, 9.17) is 0 Å². The summed E-state index contributed by atoms with van der Waals surface area (Å²) in [5.41, 5.74) is 0.824. The van der Waals surface area contributed by atoms with Crippen molar-refractivity contribution in [2.75, 3.05) is 11.6 Å². The number of hydrogen-bond donors (Lipinski definition) is 1. The molecule has 0 atom stereocenters. The molecule has 2 aromatic carbocycles. The summed E-state index contributed by atoms with van der Waals surface area (Å²) in [6.07, 6.45) is 1.96. The third kappa shape index (κ3) is 3.65. The summed E-state index contributed by atoms with van der Waals surface area (Å²) in [6.45, 7) is 4.49. The van der Waals surface area contributed by atoms with Gasteiger partial charge in [-0.15, -0.1) is 11.8 Å². The number of carbonyl (C=O) groups excluding carboxylic acids is 1. The summed E-state index contributed by atoms with van der Waals surface area (Å²) in [5, 5.41) is 8.38. The van der Waals surface area contributed by atoms with Gasteiger partial charge < -0.3 is 5.32 Å². The van der Waals surface area contributed by atoms with E-state index >= 15 is 0 Å². The van der Waals surface area contributed by atoms with Gasteiger partial charge in [0.05, 0.1) is 11.1 Å². The van der Waals surface area contributed by atoms with Crippen LogP contribution in [-0.2, 0) is 6.54 Å². The second kappa shape index (κ2) is 7.74. The molecule has 5 nitrogen and oxygen atoms in total. The summed E-state index contributed by atoms with van der Waals surface area (Å²) in [7, 11) is 0. The normalized spacial score (nSPS) is 11.1. The van der Waals surface area contributed by atoms with Gasteiger partial charge in [-0.1, -0.05) is 44.2 Å². The molecule has 0 radical (unpaired) electrons. The van der Waals surface area contributed by atoms with Crippen LogP contribution >= 0.6 is 11.8 Å². The van der Waals surface area contributed by atoms with Crippen LogP contribution in [-0.4, -0.2) is 21.9 Å². The molecular weight excluding hydrogens is 346 g/mol. The number of anilines is 1. The lowest BCUT2D eigenvalue weighted by Crippen LogP contribution is -2.29. The molecule has 0 saturated heterocycles. The van der Waals surface area contributed by atoms with Crippen molar-refractivity contribution in [2.45, 2.75) is 25.3 Å². The van der Waals surface area contributed by atoms with E-state index in [1.165, 1.54) is 4.68 Å². The fourth-order valence-corrected chi connectivity index (χ4v) is 3.36. The molecular formula is C20H21N3O2S. The summed E-state index contributed by atoms with van der Waals surface area (Å²) >= 11 is 1.56. The van der Waals surface area contributed by atoms with Gasteiger partial charge in [0.15, 0.2) is 5.69 Å². The predicted molar refractivity (Wildman–Crippen MR) is 107 cm³/mol. The molecule has 1 heterocycles. The van der Waals surface area contributed by atoms with Crippen LogP contribution in [0.15, 0.2) is 58.2 Å². The summed E-state index contributed by atoms with van der Waals surface area (Å²) < 4.78 is 1.39. The minimum atomic E-state index is -0.319. The zero-order valence-corrected chi connectivity index (χ0v) is 15.8. The highest BCUT2D eigenvalue weighted by atomic mass is 32.2. The number of benzene rings is 2. The number of rotatable bonds is 5. The molecule has 134 valence electrons. The predicted octanol–water partition coefficient (Wildman–Crippen LogP) is 4.03. The maximum Gasteiger partial charge on any atom is 0.276 e. The zero-order chi connectivity index (χ0) is 18.7. The van der Waals surface area contributed by atoms with Gasteiger partial charge in [-0.2, -0.15) is 5.10 Å². The van der Waals surface area contributed by atoms with Gasteiger partial charge in [0, 0.05) is 16.8 Å². The fraction of sp³-hybridized carbons (Fsp3) is 0.250. The number of para-hydroxylation sites is 1. The zero-order valence-electron chi connectivity index (χ0n) is 15.0. The minimum Gasteiger partial charge on any atom is -0.320 e. The molecule has 0 fully saturated rings. The largest absolute Gasteiger partial charge is 0.320 e. The monoisotopic (exact) mass is 367 g/mol. The molecule has 1 aromatic heterocycles. The van der Waals surface area contributed by atoms with Crippen molar-refractivity contribution < 1.29 is 4.79 Å². The molecule has 3 rings (SSSR count). The van der Waals surface area contributed by atoms with Crippen LogP contribution in [0.1, 0.15) is 24.3 Å². The Balaban J connectivity index is 2.10. The first-order valence-corrected chi connectivity index (χ1v) is 9.68. The Bertz CT molecular complexity index is 1010. The molecule has 6 heteroatoms. The Morgan fingerprint density at radius 2 is 1.77 bits per heavy atom. The van der Waals surface area contributed by atoms with E-state index < -0.39 is 0 Å². The van der Waals surface area contributed by atoms with Crippen LogP contribution in [0.5, 0.6) is 0 Å². The number of fused-ring (bicyclic) bond motifs is 1. The van der Waals surface area contributed by atoms with E-state index in [-0.39, 0.29) is 23.1 Å². The quantitative estimate of drug-likeness (QED) is 0.692. The molecule has 0 aliphatic rings. The van der Waals surface area contributed by atoms with Gasteiger partial charge in [-0.05, 0) is 30.4 Å². The maximum atomic E-state index is 12.9. The highest BCUT2D eigenvalue weighted by Crippen LogP contribution is 2.25. The number of thioether (sulfide) groups is 1. The Kier molecular flexibility index (Phi) is 5.42. The van der Waals surface area contributed by atoms with Gasteiger partial charge in [-0.3, -0.25) is 9.59 Å². The minimum absolute atomic E-state index is 0.171. The Morgan fingerprint density at radius 3 is 2.46 bits per heavy atom. The van der Waals surface area contributed by atoms with Crippen molar-refractivity contribution in [2.24, 2.45) is 5.92 Å². The van der Waals surface area contributed by atoms with Gasteiger partial charge in [0.25, 0.3) is 11.5 Å². The Hall–Kier alpha value is -2.60. The first kappa shape index (κ1) is 18.2. The second-order valence-electron chi connectivity index (χ2n) is 6.43. The van der Waals surface area contributed by atoms with Gasteiger partial charge in [-0.25, -0.2) is 4.68 Å². The van der Waals surface area contributed by atoms with Crippen LogP contribution in [0.3, 0.4) is 0 Å². The number of nitrogens with zero attached hydrogens (tertiary/aromatic N) is 2. The number of carbonyl (C=O) groups is 1. The van der Waals surface area contributed by atoms with Gasteiger partial charge in [0.2, 0.25) is 0 Å². The molecule has 0 aliphatic heterocycles. The van der Waals surface area contributed by atoms with E-state index in [2.05, 4.69) is 10.4 Å². The SMILES string of the molecule is CSc1ccccc1NC(=O)c1nn(CC(C)C)c(=O)c2ccccc12. The number of nitrogens with one attached hydrogen (secondary N) is 1. The van der Waals surface area contributed by atoms with Crippen LogP contribution in [0, 0.1) is 5.92 Å². The molecule has 26 heavy (non-hydrogen) atoms. The van der Waals surface area contributed by atoms with Crippen LogP contribution in [0.2, 0.25) is 0 Å². The highest BCUT2D eigenvalue weighted by molar-refractivity contribution is 7.98. The number of amides is 1. The maximum absolute atomic E-state index is 12.9. The molecule has 0 saturated carbocycles. The average Bonchev–Trinajstić information content (AvgIpc) is 2.64. The summed E-state index contributed by atoms with van der Waals surface area (Å²) in [5.74, 6) is -0.0744. The lowest BCUT2D eigenvalue weighted by Gasteiger charge is -2.13. The molecule has 0 spiro atoms. The van der Waals surface area contributed by atoms with Crippen LogP contribution in [0.4, 0.5) is 5.69 Å². The molecule has 3 aromatic rings. The lowest BCUT2D eigenvalue weighted by molar-refractivity contribution is 0.102. The summed E-state index contributed by atoms with van der Waals surface area (Å²) in [6, 6.07) is 14.7. The Labute approximate surface area is 156 Å². The second-order valence-corrected chi connectivity index (χ2v) is 7.28. The van der Waals surface area contributed by atoms with Gasteiger partial charge in [0.1, 0.15) is 0 Å². The Morgan fingerprint density at radius 1 is 1.12 bits per heavy atom. The van der Waals surface area contributed by atoms with E-state index in [0.29, 0.717) is 17.3 Å². The molecule has 1 amide bonds. The van der Waals surface area contributed by atoms with Crippen molar-refractivity contribution in [3.8, 4) is 0 Å². The molecule has 0 aliphatic carbocycles. The average molecular weight is 367 g/mol. The third-order valence-corrected chi connectivity index (χ3v) is 4.77. The molecule has 1 N–H and O–H groups in total. The van der Waals surface area contributed by atoms with Crippen LogP contribution in [0.25, 0.3) is 10.8 Å². The van der Waals surface area contributed by atoms with E-state index in [1.54, 1.807) is 30.0 Å². The van der Waals surface area contributed by atoms with Crippen molar-refractivity contribution in [1.82, 2.24) is 9.78 Å². The van der Waals surface area contributed by atoms with Gasteiger partial charge >= 0.3 is 0 Å². The first-order chi connectivity index (χ1) is 12.5. The third-order valence-electron chi connectivity index (χ3n) is 3.98. The smallest absolute Gasteiger partial charge is 0.276 e. The van der Waals surface area contributed by atoms with Crippen molar-refractivity contribution in [1.29, 1.82) is 0 Å². The fourth-order valence-electron chi connectivity index (χ4n) is 2.80. The van der Waals surface area contributed by atoms with E-state index in [0.717, 1.165) is 10.6 Å². The standard InChI is InChI=1S/C20H21N3O2S/c1-13(2)12-23-20(25)15-9-5-4-8-14(15)18(22-23)19(24)21-16-10-6-7-11-17(16)26-3/h4-11,13H,12H2,1-3H3,(H,21,24). The van der Waals surface area contributed by atoms with Crippen LogP contribution < -0.4 is 10.9 Å². The lowest BCUT2D eigenvalue weighted by atomic mass is 10.1. The van der Waals surface area contributed by atoms with Crippen molar-refractivity contribution >= 4 is 34.1 Å². The number of hydrogen-bond acceptors (Lipinski definition) is 4. The van der Waals surface area contributed by atoms with Crippen molar-refractivity contribution in [3.63, 3.8) is 0 Å². The van der Waals surface area contributed by atoms with E-state index in [1.807, 2.05) is 50.4 Å². The number of aromatic nitrogens is 2. The van der Waals surface area contributed by atoms with E-state index in [9.17, 15) is 9.59 Å². The highest BCUT2D eigenvalue weighted by Gasteiger charge is 2.18.